The molecule has 5 rings (SSSR count). The fraction of sp³-hybridized carbons (Fsp3) is 0.553. The lowest BCUT2D eigenvalue weighted by atomic mass is 9.37. The predicted molar refractivity (Wildman–Crippen MR) is 174 cm³/mol. The molecule has 3 aliphatic rings. The van der Waals surface area contributed by atoms with Crippen LogP contribution in [-0.4, -0.2) is 21.8 Å². The highest BCUT2D eigenvalue weighted by atomic mass is 16.3. The number of fused-ring (bicyclic) bond motifs is 5. The molecule has 3 aliphatic carbocycles. The summed E-state index contributed by atoms with van der Waals surface area (Å²) in [4.78, 5) is 45.4. The van der Waals surface area contributed by atoms with Crippen LogP contribution in [0.15, 0.2) is 56.8 Å². The summed E-state index contributed by atoms with van der Waals surface area (Å²) in [6.45, 7) is 22.9. The van der Waals surface area contributed by atoms with Crippen molar-refractivity contribution in [2.45, 2.75) is 99.8 Å². The maximum Gasteiger partial charge on any atom is 0.204 e. The summed E-state index contributed by atoms with van der Waals surface area (Å²) in [6.07, 6.45) is 7.05. The van der Waals surface area contributed by atoms with Crippen LogP contribution in [0.2, 0.25) is 0 Å². The van der Waals surface area contributed by atoms with Crippen molar-refractivity contribution < 1.29 is 24.2 Å². The monoisotopic (exact) mass is 600 g/mol. The first-order chi connectivity index (χ1) is 20.3. The van der Waals surface area contributed by atoms with Crippen LogP contribution in [0.4, 0.5) is 0 Å². The zero-order valence-corrected chi connectivity index (χ0v) is 27.8. The van der Waals surface area contributed by atoms with Gasteiger partial charge in [0.25, 0.3) is 0 Å². The van der Waals surface area contributed by atoms with Crippen LogP contribution < -0.4 is 5.43 Å². The van der Waals surface area contributed by atoms with E-state index in [4.69, 9.17) is 4.42 Å². The van der Waals surface area contributed by atoms with E-state index in [0.717, 1.165) is 23.6 Å². The zero-order valence-electron chi connectivity index (χ0n) is 27.8. The van der Waals surface area contributed by atoms with Crippen molar-refractivity contribution in [3.63, 3.8) is 0 Å². The van der Waals surface area contributed by atoms with Gasteiger partial charge in [0.1, 0.15) is 16.9 Å². The Bertz CT molecular complexity index is 1710. The third-order valence-electron chi connectivity index (χ3n) is 11.8. The molecule has 44 heavy (non-hydrogen) atoms. The van der Waals surface area contributed by atoms with Gasteiger partial charge in [0.05, 0.1) is 16.2 Å². The van der Waals surface area contributed by atoms with Crippen molar-refractivity contribution in [3.8, 4) is 11.5 Å². The van der Waals surface area contributed by atoms with Crippen molar-refractivity contribution in [2.75, 3.05) is 0 Å². The molecule has 1 aromatic carbocycles. The summed E-state index contributed by atoms with van der Waals surface area (Å²) in [5.41, 5.74) is -1.24. The molecule has 0 saturated heterocycles. The molecule has 2 bridgehead atoms. The van der Waals surface area contributed by atoms with Crippen molar-refractivity contribution in [2.24, 2.45) is 34.0 Å². The van der Waals surface area contributed by atoms with Crippen LogP contribution >= 0.6 is 0 Å². The smallest absolute Gasteiger partial charge is 0.204 e. The number of rotatable bonds is 6. The highest BCUT2D eigenvalue weighted by Crippen LogP contribution is 2.70. The Hall–Kier alpha value is -3.41. The van der Waals surface area contributed by atoms with Gasteiger partial charge < -0.3 is 14.6 Å². The van der Waals surface area contributed by atoms with Crippen LogP contribution in [0.3, 0.4) is 0 Å². The summed E-state index contributed by atoms with van der Waals surface area (Å²) in [5, 5.41) is 20.7. The second kappa shape index (κ2) is 10.3. The summed E-state index contributed by atoms with van der Waals surface area (Å²) in [7, 11) is 0. The Morgan fingerprint density at radius 1 is 0.955 bits per heavy atom. The first-order valence-electron chi connectivity index (χ1n) is 15.9. The molecule has 5 unspecified atom stereocenters. The molecule has 5 atom stereocenters. The molecule has 2 fully saturated rings. The Kier molecular flexibility index (Phi) is 7.50. The van der Waals surface area contributed by atoms with Crippen LogP contribution in [0.1, 0.15) is 111 Å². The number of aromatic hydroxyl groups is 2. The third kappa shape index (κ3) is 4.15. The lowest BCUT2D eigenvalue weighted by molar-refractivity contribution is -0.159. The standard InChI is InChI=1S/C38H48O6/c1-20(2)11-12-23-19-37(29-14-13-25(22(5)6)35(29,7)8)32(42)30-31(41)24-17-26(39)27(40)18-28(24)44-33(30)38(34(37)43,36(23,9)10)16-15-21(3)4/h11,15,17-18,23,25,29,39-40H,5,12-14,16,19H2,1-4,6-10H3. The van der Waals surface area contributed by atoms with Gasteiger partial charge >= 0.3 is 0 Å². The van der Waals surface area contributed by atoms with E-state index in [1.165, 1.54) is 11.6 Å². The van der Waals surface area contributed by atoms with Crippen LogP contribution in [0.25, 0.3) is 11.0 Å². The number of phenolic OH excluding ortho intramolecular Hbond substituents is 2. The number of ketones is 2. The fourth-order valence-corrected chi connectivity index (χ4v) is 9.40. The minimum absolute atomic E-state index is 0.0109. The Morgan fingerprint density at radius 2 is 1.57 bits per heavy atom. The largest absolute Gasteiger partial charge is 0.504 e. The lowest BCUT2D eigenvalue weighted by Crippen LogP contribution is -2.70. The number of hydrogen-bond donors (Lipinski definition) is 2. The number of carbonyl (C=O) groups excluding carboxylic acids is 2. The highest BCUT2D eigenvalue weighted by molar-refractivity contribution is 6.23. The normalized spacial score (nSPS) is 30.2. The van der Waals surface area contributed by atoms with Gasteiger partial charge in [-0.15, -0.1) is 0 Å². The van der Waals surface area contributed by atoms with Gasteiger partial charge in [0, 0.05) is 6.07 Å². The molecule has 1 aromatic heterocycles. The molecular weight excluding hydrogens is 552 g/mol. The zero-order chi connectivity index (χ0) is 32.7. The van der Waals surface area contributed by atoms with Gasteiger partial charge in [0.2, 0.25) is 5.43 Å². The first kappa shape index (κ1) is 32.0. The van der Waals surface area contributed by atoms with Crippen molar-refractivity contribution in [3.05, 3.63) is 69.1 Å². The van der Waals surface area contributed by atoms with E-state index in [9.17, 15) is 15.0 Å². The first-order valence-corrected chi connectivity index (χ1v) is 15.9. The summed E-state index contributed by atoms with van der Waals surface area (Å²) < 4.78 is 6.52. The minimum atomic E-state index is -1.42. The minimum Gasteiger partial charge on any atom is -0.504 e. The molecule has 0 aliphatic heterocycles. The molecule has 0 radical (unpaired) electrons. The van der Waals surface area contributed by atoms with Gasteiger partial charge in [-0.1, -0.05) is 63.1 Å². The van der Waals surface area contributed by atoms with Gasteiger partial charge in [-0.3, -0.25) is 14.4 Å². The molecule has 2 saturated carbocycles. The Labute approximate surface area is 260 Å². The Balaban J connectivity index is 1.96. The average molecular weight is 601 g/mol. The van der Waals surface area contributed by atoms with E-state index in [0.29, 0.717) is 19.3 Å². The van der Waals surface area contributed by atoms with Crippen LogP contribution in [0.5, 0.6) is 11.5 Å². The van der Waals surface area contributed by atoms with E-state index >= 15 is 9.59 Å². The molecule has 1 heterocycles. The highest BCUT2D eigenvalue weighted by Gasteiger charge is 2.75. The fourth-order valence-electron chi connectivity index (χ4n) is 9.40. The van der Waals surface area contributed by atoms with Crippen molar-refractivity contribution in [1.29, 1.82) is 0 Å². The second-order valence-corrected chi connectivity index (χ2v) is 15.5. The molecule has 0 amide bonds. The van der Waals surface area contributed by atoms with Gasteiger partial charge in [-0.25, -0.2) is 0 Å². The molecule has 236 valence electrons. The molecule has 6 nitrogen and oxygen atoms in total. The Morgan fingerprint density at radius 3 is 2.14 bits per heavy atom. The number of phenols is 2. The van der Waals surface area contributed by atoms with Crippen molar-refractivity contribution in [1.82, 2.24) is 0 Å². The van der Waals surface area contributed by atoms with E-state index in [1.807, 2.05) is 26.8 Å². The summed E-state index contributed by atoms with van der Waals surface area (Å²) in [6, 6.07) is 2.36. The number of hydrogen-bond acceptors (Lipinski definition) is 6. The van der Waals surface area contributed by atoms with Gasteiger partial charge in [-0.05, 0) is 101 Å². The topological polar surface area (TPSA) is 105 Å². The maximum atomic E-state index is 15.7. The number of Topliss-reactive ketones (excluding diaryl/α,β-unsaturated/α-hetero) is 2. The second-order valence-electron chi connectivity index (χ2n) is 15.5. The average Bonchev–Trinajstić information content (AvgIpc) is 3.23. The maximum absolute atomic E-state index is 15.7. The van der Waals surface area contributed by atoms with Crippen LogP contribution in [-0.2, 0) is 10.2 Å². The molecule has 0 spiro atoms. The lowest BCUT2D eigenvalue weighted by Gasteiger charge is -2.62. The van der Waals surface area contributed by atoms with E-state index in [1.54, 1.807) is 0 Å². The number of allylic oxidation sites excluding steroid dienone is 5. The van der Waals surface area contributed by atoms with E-state index in [2.05, 4.69) is 54.2 Å². The molecule has 2 aromatic rings. The molecular formula is C38H48O6. The van der Waals surface area contributed by atoms with Crippen LogP contribution in [0, 0.1) is 34.0 Å². The number of carbonyl (C=O) groups is 2. The van der Waals surface area contributed by atoms with E-state index < -0.39 is 44.4 Å². The van der Waals surface area contributed by atoms with E-state index in [-0.39, 0.29) is 52.3 Å². The van der Waals surface area contributed by atoms with Gasteiger partial charge in [-0.2, -0.15) is 0 Å². The quantitative estimate of drug-likeness (QED) is 0.195. The third-order valence-corrected chi connectivity index (χ3v) is 11.8. The SMILES string of the molecule is C=C(C)C1CCC(C23CC(CC=C(C)C)C(C)(C)C(CC=C(C)C)(C2=O)c2oc4cc(O)c(O)cc4c(=O)c2C3=O)C1(C)C. The number of benzene rings is 1. The predicted octanol–water partition coefficient (Wildman–Crippen LogP) is 8.58. The molecule has 6 heteroatoms. The summed E-state index contributed by atoms with van der Waals surface area (Å²) in [5.74, 6) is -1.64. The van der Waals surface area contributed by atoms with Crippen molar-refractivity contribution >= 4 is 22.5 Å². The van der Waals surface area contributed by atoms with Gasteiger partial charge in [0.15, 0.2) is 23.1 Å². The summed E-state index contributed by atoms with van der Waals surface area (Å²) >= 11 is 0. The molecule has 2 N–H and O–H groups in total.